The van der Waals surface area contributed by atoms with E-state index in [9.17, 15) is 14.0 Å². The van der Waals surface area contributed by atoms with Crippen molar-refractivity contribution in [3.8, 4) is 0 Å². The first-order valence-corrected chi connectivity index (χ1v) is 6.90. The number of hydrogen-bond donors (Lipinski definition) is 2. The Bertz CT molecular complexity index is 582. The zero-order valence-electron chi connectivity index (χ0n) is 10.6. The van der Waals surface area contributed by atoms with E-state index in [0.29, 0.717) is 23.5 Å². The van der Waals surface area contributed by atoms with Crippen molar-refractivity contribution in [1.82, 2.24) is 10.6 Å². The molecule has 0 unspecified atom stereocenters. The molecule has 0 fully saturated rings. The van der Waals surface area contributed by atoms with Crippen LogP contribution >= 0.6 is 11.3 Å². The number of hydrogen-bond acceptors (Lipinski definition) is 3. The van der Waals surface area contributed by atoms with E-state index in [1.165, 1.54) is 35.6 Å². The van der Waals surface area contributed by atoms with Crippen LogP contribution in [0, 0.1) is 5.82 Å². The van der Waals surface area contributed by atoms with Gasteiger partial charge in [0.2, 0.25) is 0 Å². The van der Waals surface area contributed by atoms with Gasteiger partial charge < -0.3 is 10.6 Å². The molecule has 0 saturated heterocycles. The van der Waals surface area contributed by atoms with Gasteiger partial charge in [-0.05, 0) is 35.7 Å². The molecule has 0 spiro atoms. The van der Waals surface area contributed by atoms with Crippen LogP contribution in [0.25, 0.3) is 0 Å². The van der Waals surface area contributed by atoms with Gasteiger partial charge >= 0.3 is 0 Å². The molecule has 1 heterocycles. The minimum absolute atomic E-state index is 0.156. The average molecular weight is 292 g/mol. The molecule has 0 atom stereocenters. The maximum absolute atomic E-state index is 12.7. The molecule has 20 heavy (non-hydrogen) atoms. The molecule has 0 aliphatic carbocycles. The summed E-state index contributed by atoms with van der Waals surface area (Å²) in [5, 5.41) is 7.17. The summed E-state index contributed by atoms with van der Waals surface area (Å²) >= 11 is 1.36. The van der Waals surface area contributed by atoms with Gasteiger partial charge in [0.25, 0.3) is 11.8 Å². The highest BCUT2D eigenvalue weighted by Gasteiger charge is 2.07. The molecule has 4 nitrogen and oxygen atoms in total. The lowest BCUT2D eigenvalue weighted by Crippen LogP contribution is -2.34. The minimum atomic E-state index is -0.384. The second-order valence-electron chi connectivity index (χ2n) is 4.00. The monoisotopic (exact) mass is 292 g/mol. The number of halogens is 1. The summed E-state index contributed by atoms with van der Waals surface area (Å²) < 4.78 is 12.7. The van der Waals surface area contributed by atoms with Gasteiger partial charge in [-0.1, -0.05) is 6.07 Å². The van der Waals surface area contributed by atoms with E-state index >= 15 is 0 Å². The summed E-state index contributed by atoms with van der Waals surface area (Å²) in [5.41, 5.74) is 0.385. The fourth-order valence-corrected chi connectivity index (χ4v) is 2.19. The standard InChI is InChI=1S/C14H13FN2O2S/c15-11-5-3-10(4-6-11)13(18)16-7-8-17-14(19)12-2-1-9-20-12/h1-6,9H,7-8H2,(H,16,18)(H,17,19). The first-order valence-electron chi connectivity index (χ1n) is 6.02. The van der Waals surface area contributed by atoms with Crippen LogP contribution in [0.3, 0.4) is 0 Å². The minimum Gasteiger partial charge on any atom is -0.350 e. The van der Waals surface area contributed by atoms with Crippen LogP contribution in [0.4, 0.5) is 4.39 Å². The van der Waals surface area contributed by atoms with Gasteiger partial charge in [-0.25, -0.2) is 4.39 Å². The van der Waals surface area contributed by atoms with Gasteiger partial charge in [0.1, 0.15) is 5.82 Å². The van der Waals surface area contributed by atoms with E-state index < -0.39 is 0 Å². The maximum atomic E-state index is 12.7. The van der Waals surface area contributed by atoms with Crippen molar-refractivity contribution in [3.05, 3.63) is 58.0 Å². The third kappa shape index (κ3) is 3.89. The summed E-state index contributed by atoms with van der Waals surface area (Å²) in [4.78, 5) is 23.9. The molecular weight excluding hydrogens is 279 g/mol. The molecule has 0 radical (unpaired) electrons. The molecule has 0 saturated carbocycles. The molecular formula is C14H13FN2O2S. The van der Waals surface area contributed by atoms with E-state index in [4.69, 9.17) is 0 Å². The molecule has 0 bridgehead atoms. The van der Waals surface area contributed by atoms with Crippen molar-refractivity contribution in [2.45, 2.75) is 0 Å². The van der Waals surface area contributed by atoms with Crippen LogP contribution in [0.1, 0.15) is 20.0 Å². The molecule has 1 aromatic heterocycles. The number of thiophene rings is 1. The van der Waals surface area contributed by atoms with Crippen LogP contribution in [-0.2, 0) is 0 Å². The Morgan fingerprint density at radius 3 is 2.25 bits per heavy atom. The molecule has 6 heteroatoms. The van der Waals surface area contributed by atoms with Crippen molar-refractivity contribution in [2.24, 2.45) is 0 Å². The van der Waals surface area contributed by atoms with Crippen molar-refractivity contribution in [3.63, 3.8) is 0 Å². The summed E-state index contributed by atoms with van der Waals surface area (Å²) in [6.07, 6.45) is 0. The number of benzene rings is 1. The van der Waals surface area contributed by atoms with Crippen molar-refractivity contribution < 1.29 is 14.0 Å². The number of carbonyl (C=O) groups is 2. The summed E-state index contributed by atoms with van der Waals surface area (Å²) in [5.74, 6) is -0.837. The fourth-order valence-electron chi connectivity index (χ4n) is 1.55. The first kappa shape index (κ1) is 14.2. The van der Waals surface area contributed by atoms with Crippen LogP contribution in [0.15, 0.2) is 41.8 Å². The third-order valence-electron chi connectivity index (χ3n) is 2.55. The van der Waals surface area contributed by atoms with Gasteiger partial charge in [0.15, 0.2) is 0 Å². The predicted octanol–water partition coefficient (Wildman–Crippen LogP) is 2.05. The highest BCUT2D eigenvalue weighted by Crippen LogP contribution is 2.07. The molecule has 0 aliphatic rings. The SMILES string of the molecule is O=C(NCCNC(=O)c1cccs1)c1ccc(F)cc1. The Morgan fingerprint density at radius 2 is 1.65 bits per heavy atom. The maximum Gasteiger partial charge on any atom is 0.261 e. The Morgan fingerprint density at radius 1 is 1.00 bits per heavy atom. The lowest BCUT2D eigenvalue weighted by molar-refractivity contribution is 0.0929. The summed E-state index contributed by atoms with van der Waals surface area (Å²) in [6, 6.07) is 8.82. The first-order chi connectivity index (χ1) is 9.66. The van der Waals surface area contributed by atoms with Crippen molar-refractivity contribution >= 4 is 23.2 Å². The van der Waals surface area contributed by atoms with Gasteiger partial charge in [-0.15, -0.1) is 11.3 Å². The number of amides is 2. The molecule has 0 aliphatic heterocycles. The largest absolute Gasteiger partial charge is 0.350 e. The Labute approximate surface area is 119 Å². The fraction of sp³-hybridized carbons (Fsp3) is 0.143. The Kier molecular flexibility index (Phi) is 4.84. The quantitative estimate of drug-likeness (QED) is 0.829. The van der Waals surface area contributed by atoms with Gasteiger partial charge in [0.05, 0.1) is 4.88 Å². The van der Waals surface area contributed by atoms with E-state index in [0.717, 1.165) is 0 Å². The molecule has 1 aromatic carbocycles. The van der Waals surface area contributed by atoms with E-state index in [-0.39, 0.29) is 17.6 Å². The highest BCUT2D eigenvalue weighted by molar-refractivity contribution is 7.12. The molecule has 2 aromatic rings. The highest BCUT2D eigenvalue weighted by atomic mass is 32.1. The van der Waals surface area contributed by atoms with E-state index in [1.54, 1.807) is 12.1 Å². The zero-order valence-corrected chi connectivity index (χ0v) is 11.4. The van der Waals surface area contributed by atoms with E-state index in [1.807, 2.05) is 5.38 Å². The molecule has 2 N–H and O–H groups in total. The lowest BCUT2D eigenvalue weighted by Gasteiger charge is -2.06. The molecule has 104 valence electrons. The smallest absolute Gasteiger partial charge is 0.261 e. The normalized spacial score (nSPS) is 10.1. The number of nitrogens with one attached hydrogen (secondary N) is 2. The molecule has 2 rings (SSSR count). The van der Waals surface area contributed by atoms with Crippen LogP contribution in [0.2, 0.25) is 0 Å². The second kappa shape index (κ2) is 6.81. The Balaban J connectivity index is 1.72. The number of carbonyl (C=O) groups excluding carboxylic acids is 2. The Hall–Kier alpha value is -2.21. The zero-order chi connectivity index (χ0) is 14.4. The third-order valence-corrected chi connectivity index (χ3v) is 3.42. The van der Waals surface area contributed by atoms with Crippen molar-refractivity contribution in [2.75, 3.05) is 13.1 Å². The summed E-state index contributed by atoms with van der Waals surface area (Å²) in [7, 11) is 0. The summed E-state index contributed by atoms with van der Waals surface area (Å²) in [6.45, 7) is 0.650. The predicted molar refractivity (Wildman–Crippen MR) is 75.4 cm³/mol. The molecule has 2 amide bonds. The lowest BCUT2D eigenvalue weighted by atomic mass is 10.2. The van der Waals surface area contributed by atoms with E-state index in [2.05, 4.69) is 10.6 Å². The van der Waals surface area contributed by atoms with Crippen molar-refractivity contribution in [1.29, 1.82) is 0 Å². The topological polar surface area (TPSA) is 58.2 Å². The average Bonchev–Trinajstić information content (AvgIpc) is 2.98. The van der Waals surface area contributed by atoms with Gasteiger partial charge in [0, 0.05) is 18.7 Å². The second-order valence-corrected chi connectivity index (χ2v) is 4.94. The van der Waals surface area contributed by atoms with Crippen LogP contribution < -0.4 is 10.6 Å². The van der Waals surface area contributed by atoms with Crippen LogP contribution in [-0.4, -0.2) is 24.9 Å². The van der Waals surface area contributed by atoms with Gasteiger partial charge in [-0.3, -0.25) is 9.59 Å². The van der Waals surface area contributed by atoms with Gasteiger partial charge in [-0.2, -0.15) is 0 Å². The number of rotatable bonds is 5. The van der Waals surface area contributed by atoms with Crippen LogP contribution in [0.5, 0.6) is 0 Å².